The average Bonchev–Trinajstić information content (AvgIpc) is 2.70. The molecule has 2 fully saturated rings. The summed E-state index contributed by atoms with van der Waals surface area (Å²) in [6.07, 6.45) is 7.91. The van der Waals surface area contributed by atoms with Crippen molar-refractivity contribution in [2.45, 2.75) is 38.1 Å². The third-order valence-corrected chi connectivity index (χ3v) is 5.02. The maximum atomic E-state index is 5.47. The number of benzene rings is 1. The van der Waals surface area contributed by atoms with E-state index in [0.717, 1.165) is 37.7 Å². The van der Waals surface area contributed by atoms with Crippen LogP contribution in [0.25, 0.3) is 0 Å². The van der Waals surface area contributed by atoms with Crippen LogP contribution >= 0.6 is 0 Å². The number of anilines is 4. The van der Waals surface area contributed by atoms with Crippen molar-refractivity contribution in [3.63, 3.8) is 0 Å². The highest BCUT2D eigenvalue weighted by Crippen LogP contribution is 2.29. The van der Waals surface area contributed by atoms with E-state index in [-0.39, 0.29) is 0 Å². The first-order valence-electron chi connectivity index (χ1n) is 9.53. The minimum Gasteiger partial charge on any atom is -0.378 e. The maximum absolute atomic E-state index is 5.47. The molecule has 7 nitrogen and oxygen atoms in total. The van der Waals surface area contributed by atoms with Gasteiger partial charge in [0.2, 0.25) is 5.95 Å². The van der Waals surface area contributed by atoms with Gasteiger partial charge in [0.15, 0.2) is 5.82 Å². The molecule has 1 aliphatic heterocycles. The summed E-state index contributed by atoms with van der Waals surface area (Å²) in [5.74, 6) is 1.31. The number of aromatic nitrogens is 3. The molecular weight excluding hydrogens is 328 g/mol. The SMILES string of the molecule is c1ccc(N2CCOCC2)c(Nc2cnnc(NC3CCCCC3)n2)c1. The highest BCUT2D eigenvalue weighted by atomic mass is 16.5. The van der Waals surface area contributed by atoms with E-state index in [1.54, 1.807) is 6.20 Å². The first-order chi connectivity index (χ1) is 12.9. The predicted octanol–water partition coefficient (Wildman–Crippen LogP) is 3.20. The quantitative estimate of drug-likeness (QED) is 0.854. The van der Waals surface area contributed by atoms with Gasteiger partial charge in [-0.05, 0) is 25.0 Å². The van der Waals surface area contributed by atoms with E-state index in [9.17, 15) is 0 Å². The standard InChI is InChI=1S/C19H26N6O/c1-2-6-15(7-3-1)21-19-23-18(14-20-24-19)22-16-8-4-5-9-17(16)25-10-12-26-13-11-25/h4-5,8-9,14-15H,1-3,6-7,10-13H2,(H2,21,22,23,24). The summed E-state index contributed by atoms with van der Waals surface area (Å²) in [6.45, 7) is 3.32. The van der Waals surface area contributed by atoms with Gasteiger partial charge in [0.1, 0.15) is 0 Å². The molecule has 1 saturated heterocycles. The molecule has 2 N–H and O–H groups in total. The Kier molecular flexibility index (Phi) is 5.44. The zero-order valence-corrected chi connectivity index (χ0v) is 15.0. The number of para-hydroxylation sites is 2. The van der Waals surface area contributed by atoms with Crippen molar-refractivity contribution in [2.24, 2.45) is 0 Å². The molecule has 0 amide bonds. The Balaban J connectivity index is 1.48. The molecule has 26 heavy (non-hydrogen) atoms. The molecule has 2 aliphatic rings. The van der Waals surface area contributed by atoms with Crippen molar-refractivity contribution in [1.29, 1.82) is 0 Å². The van der Waals surface area contributed by atoms with Crippen molar-refractivity contribution in [1.82, 2.24) is 15.2 Å². The first kappa shape index (κ1) is 17.0. The van der Waals surface area contributed by atoms with Gasteiger partial charge in [-0.1, -0.05) is 31.4 Å². The minimum absolute atomic E-state index is 0.460. The van der Waals surface area contributed by atoms with Crippen LogP contribution in [0.15, 0.2) is 30.5 Å². The van der Waals surface area contributed by atoms with Crippen LogP contribution in [0.3, 0.4) is 0 Å². The van der Waals surface area contributed by atoms with Gasteiger partial charge in [-0.25, -0.2) is 0 Å². The molecule has 0 spiro atoms. The molecule has 1 aliphatic carbocycles. The Labute approximate surface area is 154 Å². The zero-order valence-electron chi connectivity index (χ0n) is 15.0. The van der Waals surface area contributed by atoms with Crippen LogP contribution in [-0.4, -0.2) is 47.5 Å². The summed E-state index contributed by atoms with van der Waals surface area (Å²) in [5, 5.41) is 15.1. The molecule has 0 unspecified atom stereocenters. The summed E-state index contributed by atoms with van der Waals surface area (Å²) in [7, 11) is 0. The Hall–Kier alpha value is -2.41. The Morgan fingerprint density at radius 1 is 1.04 bits per heavy atom. The minimum atomic E-state index is 0.460. The maximum Gasteiger partial charge on any atom is 0.244 e. The summed E-state index contributed by atoms with van der Waals surface area (Å²) in [6, 6.07) is 8.75. The lowest BCUT2D eigenvalue weighted by molar-refractivity contribution is 0.123. The second kappa shape index (κ2) is 8.31. The lowest BCUT2D eigenvalue weighted by atomic mass is 9.96. The van der Waals surface area contributed by atoms with Gasteiger partial charge in [-0.15, -0.1) is 5.10 Å². The Morgan fingerprint density at radius 2 is 1.85 bits per heavy atom. The van der Waals surface area contributed by atoms with E-state index >= 15 is 0 Å². The number of rotatable bonds is 5. The van der Waals surface area contributed by atoms with E-state index in [1.165, 1.54) is 32.1 Å². The van der Waals surface area contributed by atoms with Crippen LogP contribution in [0, 0.1) is 0 Å². The number of hydrogen-bond acceptors (Lipinski definition) is 7. The third kappa shape index (κ3) is 4.22. The van der Waals surface area contributed by atoms with Crippen LogP contribution in [0.5, 0.6) is 0 Å². The normalized spacial score (nSPS) is 18.5. The lowest BCUT2D eigenvalue weighted by Gasteiger charge is -2.30. The third-order valence-electron chi connectivity index (χ3n) is 5.02. The predicted molar refractivity (Wildman–Crippen MR) is 103 cm³/mol. The topological polar surface area (TPSA) is 75.2 Å². The number of morpholine rings is 1. The highest BCUT2D eigenvalue weighted by Gasteiger charge is 2.16. The van der Waals surface area contributed by atoms with E-state index in [1.807, 2.05) is 6.07 Å². The Morgan fingerprint density at radius 3 is 2.69 bits per heavy atom. The average molecular weight is 354 g/mol. The zero-order chi connectivity index (χ0) is 17.6. The molecule has 1 aromatic carbocycles. The summed E-state index contributed by atoms with van der Waals surface area (Å²) in [4.78, 5) is 6.94. The molecule has 0 bridgehead atoms. The number of hydrogen-bond donors (Lipinski definition) is 2. The summed E-state index contributed by atoms with van der Waals surface area (Å²) in [5.41, 5.74) is 2.19. The molecule has 138 valence electrons. The van der Waals surface area contributed by atoms with Crippen LogP contribution < -0.4 is 15.5 Å². The number of ether oxygens (including phenoxy) is 1. The van der Waals surface area contributed by atoms with Gasteiger partial charge >= 0.3 is 0 Å². The largest absolute Gasteiger partial charge is 0.378 e. The number of nitrogens with one attached hydrogen (secondary N) is 2. The molecule has 1 saturated carbocycles. The van der Waals surface area contributed by atoms with Gasteiger partial charge in [0.05, 0.1) is 30.8 Å². The van der Waals surface area contributed by atoms with Gasteiger partial charge in [0.25, 0.3) is 0 Å². The molecule has 2 heterocycles. The van der Waals surface area contributed by atoms with Gasteiger partial charge in [0, 0.05) is 19.1 Å². The summed E-state index contributed by atoms with van der Waals surface area (Å²) >= 11 is 0. The first-order valence-corrected chi connectivity index (χ1v) is 9.53. The highest BCUT2D eigenvalue weighted by molar-refractivity contribution is 5.74. The molecule has 0 radical (unpaired) electrons. The summed E-state index contributed by atoms with van der Waals surface area (Å²) < 4.78 is 5.47. The van der Waals surface area contributed by atoms with Crippen molar-refractivity contribution >= 4 is 23.1 Å². The van der Waals surface area contributed by atoms with E-state index in [0.29, 0.717) is 17.8 Å². The van der Waals surface area contributed by atoms with Crippen molar-refractivity contribution in [3.05, 3.63) is 30.5 Å². The van der Waals surface area contributed by atoms with E-state index < -0.39 is 0 Å². The van der Waals surface area contributed by atoms with Crippen LogP contribution in [-0.2, 0) is 4.74 Å². The second-order valence-electron chi connectivity index (χ2n) is 6.89. The van der Waals surface area contributed by atoms with Crippen molar-refractivity contribution in [2.75, 3.05) is 41.8 Å². The second-order valence-corrected chi connectivity index (χ2v) is 6.89. The van der Waals surface area contributed by atoms with Gasteiger partial charge in [-0.2, -0.15) is 10.1 Å². The van der Waals surface area contributed by atoms with Crippen molar-refractivity contribution in [3.8, 4) is 0 Å². The molecule has 4 rings (SSSR count). The van der Waals surface area contributed by atoms with Gasteiger partial charge < -0.3 is 20.3 Å². The van der Waals surface area contributed by atoms with Crippen LogP contribution in [0.1, 0.15) is 32.1 Å². The molecule has 7 heteroatoms. The fourth-order valence-electron chi connectivity index (χ4n) is 3.65. The number of nitrogens with zero attached hydrogens (tertiary/aromatic N) is 4. The molecule has 0 atom stereocenters. The van der Waals surface area contributed by atoms with E-state index in [4.69, 9.17) is 4.74 Å². The fraction of sp³-hybridized carbons (Fsp3) is 0.526. The lowest BCUT2D eigenvalue weighted by Crippen LogP contribution is -2.36. The monoisotopic (exact) mass is 354 g/mol. The van der Waals surface area contributed by atoms with Crippen LogP contribution in [0.4, 0.5) is 23.1 Å². The van der Waals surface area contributed by atoms with Crippen molar-refractivity contribution < 1.29 is 4.74 Å². The van der Waals surface area contributed by atoms with Crippen LogP contribution in [0.2, 0.25) is 0 Å². The smallest absolute Gasteiger partial charge is 0.244 e. The molecule has 1 aromatic heterocycles. The molecular formula is C19H26N6O. The van der Waals surface area contributed by atoms with Gasteiger partial charge in [-0.3, -0.25) is 0 Å². The Bertz CT molecular complexity index is 713. The molecule has 2 aromatic rings. The fourth-order valence-corrected chi connectivity index (χ4v) is 3.65. The van der Waals surface area contributed by atoms with E-state index in [2.05, 4.69) is 48.9 Å².